The van der Waals surface area contributed by atoms with E-state index < -0.39 is 39.6 Å². The van der Waals surface area contributed by atoms with Crippen LogP contribution >= 0.6 is 0 Å². The van der Waals surface area contributed by atoms with Crippen molar-refractivity contribution in [3.8, 4) is 11.8 Å². The zero-order valence-electron chi connectivity index (χ0n) is 21.4. The van der Waals surface area contributed by atoms with Crippen LogP contribution in [-0.4, -0.2) is 53.4 Å². The molecule has 1 aromatic heterocycles. The number of amides is 2. The van der Waals surface area contributed by atoms with Crippen molar-refractivity contribution in [3.63, 3.8) is 0 Å². The van der Waals surface area contributed by atoms with E-state index in [4.69, 9.17) is 10.5 Å². The number of rotatable bonds is 7. The van der Waals surface area contributed by atoms with Crippen molar-refractivity contribution >= 4 is 32.9 Å². The minimum absolute atomic E-state index is 0.0126. The Labute approximate surface area is 229 Å². The fraction of sp³-hybridized carbons (Fsp3) is 0.214. The summed E-state index contributed by atoms with van der Waals surface area (Å²) in [6, 6.07) is 17.9. The van der Waals surface area contributed by atoms with Crippen LogP contribution < -0.4 is 16.2 Å². The molecule has 5 rings (SSSR count). The first kappa shape index (κ1) is 26.7. The standard InChI is InChI=1S/C28H25N5O6S/c1-39-20-10-12-21(13-11-20)40(37,38)33-22-14-9-18(17-29)16-24(22)32(28(33)36)25(19-6-3-2-4-7-19)27(35)31-15-5-8-23(31)26(30)34/h2-4,6-7,9-14,16,23,25H,5,8,15H2,1H3,(H2,30,34). The van der Waals surface area contributed by atoms with Gasteiger partial charge in [0.1, 0.15) is 17.8 Å². The van der Waals surface area contributed by atoms with E-state index in [2.05, 4.69) is 0 Å². The number of carbonyl (C=O) groups excluding carboxylic acids is 2. The third-order valence-electron chi connectivity index (χ3n) is 7.03. The van der Waals surface area contributed by atoms with Gasteiger partial charge in [0.2, 0.25) is 5.91 Å². The lowest BCUT2D eigenvalue weighted by molar-refractivity contribution is -0.139. The predicted molar refractivity (Wildman–Crippen MR) is 145 cm³/mol. The highest BCUT2D eigenvalue weighted by Crippen LogP contribution is 2.30. The van der Waals surface area contributed by atoms with Crippen LogP contribution in [0.25, 0.3) is 11.0 Å². The number of nitrogens with two attached hydrogens (primary N) is 1. The van der Waals surface area contributed by atoms with Crippen LogP contribution in [0.3, 0.4) is 0 Å². The van der Waals surface area contributed by atoms with E-state index in [1.54, 1.807) is 30.3 Å². The van der Waals surface area contributed by atoms with Crippen LogP contribution in [0, 0.1) is 11.3 Å². The number of imidazole rings is 1. The number of likely N-dealkylation sites (tertiary alicyclic amines) is 1. The first-order valence-electron chi connectivity index (χ1n) is 12.4. The van der Waals surface area contributed by atoms with Gasteiger partial charge in [-0.1, -0.05) is 30.3 Å². The molecule has 0 radical (unpaired) electrons. The van der Waals surface area contributed by atoms with Crippen LogP contribution in [-0.2, 0) is 19.6 Å². The maximum Gasteiger partial charge on any atom is 0.344 e. The second kappa shape index (κ2) is 10.3. The quantitative estimate of drug-likeness (QED) is 0.363. The van der Waals surface area contributed by atoms with Crippen molar-refractivity contribution in [2.24, 2.45) is 5.73 Å². The van der Waals surface area contributed by atoms with Gasteiger partial charge in [0, 0.05) is 6.54 Å². The Morgan fingerprint density at radius 3 is 2.38 bits per heavy atom. The molecule has 1 saturated heterocycles. The number of primary amides is 1. The number of carbonyl (C=O) groups is 2. The van der Waals surface area contributed by atoms with E-state index in [-0.39, 0.29) is 28.0 Å². The smallest absolute Gasteiger partial charge is 0.344 e. The Morgan fingerprint density at radius 2 is 1.75 bits per heavy atom. The first-order chi connectivity index (χ1) is 19.2. The molecule has 1 aliphatic heterocycles. The number of fused-ring (bicyclic) bond motifs is 1. The zero-order valence-corrected chi connectivity index (χ0v) is 22.2. The van der Waals surface area contributed by atoms with Crippen LogP contribution in [0.1, 0.15) is 30.0 Å². The molecule has 2 amide bonds. The van der Waals surface area contributed by atoms with E-state index in [0.717, 1.165) is 4.57 Å². The van der Waals surface area contributed by atoms with E-state index in [1.807, 2.05) is 6.07 Å². The van der Waals surface area contributed by atoms with Crippen LogP contribution in [0.2, 0.25) is 0 Å². The SMILES string of the molecule is COc1ccc(S(=O)(=O)n2c(=O)n(C(C(=O)N3CCCC3C(N)=O)c3ccccc3)c3cc(C#N)ccc32)cc1. The Kier molecular flexibility index (Phi) is 6.91. The molecule has 0 aliphatic carbocycles. The Hall–Kier alpha value is -4.89. The summed E-state index contributed by atoms with van der Waals surface area (Å²) >= 11 is 0. The molecule has 0 spiro atoms. The maximum atomic E-state index is 14.2. The predicted octanol–water partition coefficient (Wildman–Crippen LogP) is 1.99. The highest BCUT2D eigenvalue weighted by atomic mass is 32.2. The van der Waals surface area contributed by atoms with Crippen LogP contribution in [0.15, 0.2) is 82.5 Å². The number of nitriles is 1. The molecular formula is C28H25N5O6S. The molecule has 2 atom stereocenters. The van der Waals surface area contributed by atoms with Gasteiger partial charge in [0.05, 0.1) is 34.7 Å². The molecule has 0 bridgehead atoms. The van der Waals surface area contributed by atoms with Gasteiger partial charge in [-0.3, -0.25) is 14.2 Å². The van der Waals surface area contributed by atoms with Crippen molar-refractivity contribution in [2.75, 3.05) is 13.7 Å². The molecule has 12 heteroatoms. The summed E-state index contributed by atoms with van der Waals surface area (Å²) in [4.78, 5) is 41.6. The molecule has 40 heavy (non-hydrogen) atoms. The second-order valence-electron chi connectivity index (χ2n) is 9.32. The third-order valence-corrected chi connectivity index (χ3v) is 8.73. The van der Waals surface area contributed by atoms with Crippen LogP contribution in [0.4, 0.5) is 0 Å². The Balaban J connectivity index is 1.80. The highest BCUT2D eigenvalue weighted by molar-refractivity contribution is 7.90. The monoisotopic (exact) mass is 559 g/mol. The molecular weight excluding hydrogens is 534 g/mol. The summed E-state index contributed by atoms with van der Waals surface area (Å²) in [5.41, 5.74) is 5.19. The molecule has 11 nitrogen and oxygen atoms in total. The molecule has 1 fully saturated rings. The lowest BCUT2D eigenvalue weighted by Gasteiger charge is -2.28. The molecule has 2 N–H and O–H groups in total. The fourth-order valence-corrected chi connectivity index (χ4v) is 6.52. The van der Waals surface area contributed by atoms with Gasteiger partial charge in [-0.05, 0) is 60.9 Å². The lowest BCUT2D eigenvalue weighted by atomic mass is 10.0. The average molecular weight is 560 g/mol. The number of ether oxygens (including phenoxy) is 1. The highest BCUT2D eigenvalue weighted by Gasteiger charge is 2.40. The number of methoxy groups -OCH3 is 1. The van der Waals surface area contributed by atoms with E-state index in [1.165, 1.54) is 54.5 Å². The maximum absolute atomic E-state index is 14.2. The van der Waals surface area contributed by atoms with Gasteiger partial charge >= 0.3 is 5.69 Å². The zero-order chi connectivity index (χ0) is 28.6. The Morgan fingerprint density at radius 1 is 1.05 bits per heavy atom. The molecule has 2 heterocycles. The van der Waals surface area contributed by atoms with Gasteiger partial charge in [-0.2, -0.15) is 9.23 Å². The molecule has 3 aromatic carbocycles. The van der Waals surface area contributed by atoms with Gasteiger partial charge in [-0.25, -0.2) is 13.2 Å². The van der Waals surface area contributed by atoms with E-state index >= 15 is 0 Å². The number of nitrogens with zero attached hydrogens (tertiary/aromatic N) is 4. The summed E-state index contributed by atoms with van der Waals surface area (Å²) in [5.74, 6) is -0.823. The van der Waals surface area contributed by atoms with Gasteiger partial charge in [-0.15, -0.1) is 0 Å². The van der Waals surface area contributed by atoms with Crippen molar-refractivity contribution < 1.29 is 22.7 Å². The molecule has 1 aliphatic rings. The summed E-state index contributed by atoms with van der Waals surface area (Å²) in [6.07, 6.45) is 0.922. The summed E-state index contributed by atoms with van der Waals surface area (Å²) < 4.78 is 34.5. The van der Waals surface area contributed by atoms with Gasteiger partial charge in [0.25, 0.3) is 15.9 Å². The van der Waals surface area contributed by atoms with Crippen molar-refractivity contribution in [1.29, 1.82) is 5.26 Å². The lowest BCUT2D eigenvalue weighted by Crippen LogP contribution is -2.48. The van der Waals surface area contributed by atoms with Crippen molar-refractivity contribution in [3.05, 3.63) is 94.4 Å². The van der Waals surface area contributed by atoms with Crippen molar-refractivity contribution in [1.82, 2.24) is 13.4 Å². The first-order valence-corrected chi connectivity index (χ1v) is 13.8. The Bertz CT molecular complexity index is 1820. The minimum Gasteiger partial charge on any atom is -0.497 e. The molecule has 204 valence electrons. The molecule has 4 aromatic rings. The van der Waals surface area contributed by atoms with Crippen LogP contribution in [0.5, 0.6) is 5.75 Å². The second-order valence-corrected chi connectivity index (χ2v) is 11.1. The summed E-state index contributed by atoms with van der Waals surface area (Å²) in [7, 11) is -3.02. The van der Waals surface area contributed by atoms with E-state index in [9.17, 15) is 28.1 Å². The third kappa shape index (κ3) is 4.40. The average Bonchev–Trinajstić information content (AvgIpc) is 3.57. The van der Waals surface area contributed by atoms with Crippen molar-refractivity contribution in [2.45, 2.75) is 29.8 Å². The number of aromatic nitrogens is 2. The fourth-order valence-electron chi connectivity index (χ4n) is 5.12. The van der Waals surface area contributed by atoms with Gasteiger partial charge < -0.3 is 15.4 Å². The number of hydrogen-bond acceptors (Lipinski definition) is 7. The molecule has 2 unspecified atom stereocenters. The minimum atomic E-state index is -4.46. The number of benzene rings is 3. The summed E-state index contributed by atoms with van der Waals surface area (Å²) in [6.45, 7) is 0.247. The normalized spacial score (nSPS) is 16.0. The largest absolute Gasteiger partial charge is 0.497 e. The topological polar surface area (TPSA) is 157 Å². The van der Waals surface area contributed by atoms with Gasteiger partial charge in [0.15, 0.2) is 0 Å². The summed E-state index contributed by atoms with van der Waals surface area (Å²) in [5, 5.41) is 9.58. The molecule has 0 saturated carbocycles. The van der Waals surface area contributed by atoms with E-state index in [0.29, 0.717) is 28.1 Å². The number of hydrogen-bond donors (Lipinski definition) is 1.